The number of hydrogen-bond acceptors (Lipinski definition) is 6. The number of amidine groups is 1. The lowest BCUT2D eigenvalue weighted by Gasteiger charge is -2.00. The molecule has 1 amide bonds. The molecule has 23 heavy (non-hydrogen) atoms. The molecule has 0 atom stereocenters. The van der Waals surface area contributed by atoms with E-state index in [9.17, 15) is 14.9 Å². The summed E-state index contributed by atoms with van der Waals surface area (Å²) in [5.74, 6) is 0.489. The van der Waals surface area contributed by atoms with Crippen LogP contribution in [0.5, 0.6) is 0 Å². The Bertz CT molecular complexity index is 875. The standard InChI is InChI=1S/C14H8ClN3O4S/c15-10-5-7(18(20)21)1-3-9(10)11-4-2-8(22-11)6-12-13(19)17-14(16)23-12/h1-6H,(H2,16,17,19)/b12-6-. The number of nitrogens with zero attached hydrogens (tertiary/aromatic N) is 1. The lowest BCUT2D eigenvalue weighted by Crippen LogP contribution is -2.18. The van der Waals surface area contributed by atoms with Crippen molar-refractivity contribution in [3.8, 4) is 11.3 Å². The third kappa shape index (κ3) is 3.13. The number of non-ortho nitro benzene ring substituents is 1. The predicted octanol–water partition coefficient (Wildman–Crippen LogP) is 3.65. The average Bonchev–Trinajstić information content (AvgIpc) is 3.06. The number of halogens is 1. The van der Waals surface area contributed by atoms with Gasteiger partial charge in [-0.2, -0.15) is 0 Å². The average molecular weight is 350 g/mol. The first-order valence-corrected chi connectivity index (χ1v) is 7.47. The molecule has 1 fully saturated rings. The van der Waals surface area contributed by atoms with E-state index in [2.05, 4.69) is 5.32 Å². The van der Waals surface area contributed by atoms with Crippen LogP contribution < -0.4 is 5.32 Å². The fourth-order valence-electron chi connectivity index (χ4n) is 1.96. The molecule has 1 aromatic heterocycles. The van der Waals surface area contributed by atoms with Crippen LogP contribution in [0.1, 0.15) is 5.76 Å². The number of nitrogens with one attached hydrogen (secondary N) is 2. The smallest absolute Gasteiger partial charge is 0.270 e. The summed E-state index contributed by atoms with van der Waals surface area (Å²) in [6, 6.07) is 7.39. The second kappa shape index (κ2) is 5.90. The van der Waals surface area contributed by atoms with Gasteiger partial charge in [0.05, 0.1) is 14.9 Å². The molecular weight excluding hydrogens is 342 g/mol. The monoisotopic (exact) mass is 349 g/mol. The van der Waals surface area contributed by atoms with Crippen molar-refractivity contribution in [2.45, 2.75) is 0 Å². The van der Waals surface area contributed by atoms with E-state index in [0.29, 0.717) is 22.0 Å². The van der Waals surface area contributed by atoms with Crippen molar-refractivity contribution in [3.63, 3.8) is 0 Å². The molecule has 0 unspecified atom stereocenters. The summed E-state index contributed by atoms with van der Waals surface area (Å²) in [5.41, 5.74) is 0.406. The van der Waals surface area contributed by atoms with Crippen LogP contribution in [0.4, 0.5) is 5.69 Å². The first-order chi connectivity index (χ1) is 10.9. The summed E-state index contributed by atoms with van der Waals surface area (Å²) >= 11 is 7.06. The van der Waals surface area contributed by atoms with Gasteiger partial charge in [-0.1, -0.05) is 11.6 Å². The van der Waals surface area contributed by atoms with Crippen LogP contribution in [-0.2, 0) is 4.79 Å². The van der Waals surface area contributed by atoms with E-state index in [-0.39, 0.29) is 21.8 Å². The van der Waals surface area contributed by atoms with Crippen molar-refractivity contribution in [2.24, 2.45) is 0 Å². The predicted molar refractivity (Wildman–Crippen MR) is 87.2 cm³/mol. The number of carbonyl (C=O) groups is 1. The minimum absolute atomic E-state index is 0.0615. The van der Waals surface area contributed by atoms with Crippen LogP contribution in [-0.4, -0.2) is 16.0 Å². The lowest BCUT2D eigenvalue weighted by molar-refractivity contribution is -0.384. The molecule has 0 radical (unpaired) electrons. The van der Waals surface area contributed by atoms with Crippen LogP contribution >= 0.6 is 23.4 Å². The number of nitro benzene ring substituents is 1. The zero-order valence-electron chi connectivity index (χ0n) is 11.3. The van der Waals surface area contributed by atoms with Crippen molar-refractivity contribution >= 4 is 46.2 Å². The molecule has 0 spiro atoms. The zero-order chi connectivity index (χ0) is 16.6. The third-order valence-electron chi connectivity index (χ3n) is 2.99. The Morgan fingerprint density at radius 3 is 2.74 bits per heavy atom. The normalized spacial score (nSPS) is 16.0. The SMILES string of the molecule is N=C1NC(=O)/C(=C/c2ccc(-c3ccc([N+](=O)[O-])cc3Cl)o2)S1. The molecule has 0 bridgehead atoms. The van der Waals surface area contributed by atoms with Crippen LogP contribution in [0, 0.1) is 15.5 Å². The number of furan rings is 1. The highest BCUT2D eigenvalue weighted by atomic mass is 35.5. The molecule has 116 valence electrons. The van der Waals surface area contributed by atoms with Gasteiger partial charge in [0.2, 0.25) is 0 Å². The second-order valence-corrected chi connectivity index (χ2v) is 5.98. The largest absolute Gasteiger partial charge is 0.457 e. The van der Waals surface area contributed by atoms with Gasteiger partial charge in [0.1, 0.15) is 11.5 Å². The van der Waals surface area contributed by atoms with Gasteiger partial charge in [0, 0.05) is 23.8 Å². The molecule has 2 N–H and O–H groups in total. The van der Waals surface area contributed by atoms with Crippen molar-refractivity contribution in [3.05, 3.63) is 56.1 Å². The second-order valence-electron chi connectivity index (χ2n) is 4.52. The van der Waals surface area contributed by atoms with Crippen molar-refractivity contribution in [1.29, 1.82) is 5.41 Å². The zero-order valence-corrected chi connectivity index (χ0v) is 12.9. The van der Waals surface area contributed by atoms with E-state index in [1.165, 1.54) is 24.3 Å². The Hall–Kier alpha value is -2.58. The van der Waals surface area contributed by atoms with Crippen molar-refractivity contribution < 1.29 is 14.1 Å². The van der Waals surface area contributed by atoms with E-state index in [0.717, 1.165) is 11.8 Å². The first kappa shape index (κ1) is 15.3. The van der Waals surface area contributed by atoms with Gasteiger partial charge in [-0.25, -0.2) is 0 Å². The van der Waals surface area contributed by atoms with Gasteiger partial charge in [0.25, 0.3) is 11.6 Å². The summed E-state index contributed by atoms with van der Waals surface area (Å²) in [4.78, 5) is 22.1. The fourth-order valence-corrected chi connectivity index (χ4v) is 2.91. The van der Waals surface area contributed by atoms with Crippen LogP contribution in [0.3, 0.4) is 0 Å². The molecule has 1 aliphatic rings. The van der Waals surface area contributed by atoms with Gasteiger partial charge in [-0.05, 0) is 30.0 Å². The Morgan fingerprint density at radius 2 is 2.13 bits per heavy atom. The molecule has 1 aliphatic heterocycles. The highest BCUT2D eigenvalue weighted by Gasteiger charge is 2.23. The summed E-state index contributed by atoms with van der Waals surface area (Å²) in [5, 5.41) is 20.7. The molecule has 1 saturated heterocycles. The summed E-state index contributed by atoms with van der Waals surface area (Å²) in [6.07, 6.45) is 1.52. The molecular formula is C14H8ClN3O4S. The quantitative estimate of drug-likeness (QED) is 0.499. The van der Waals surface area contributed by atoms with Crippen molar-refractivity contribution in [2.75, 3.05) is 0 Å². The minimum atomic E-state index is -0.529. The molecule has 9 heteroatoms. The van der Waals surface area contributed by atoms with Gasteiger partial charge in [-0.3, -0.25) is 20.3 Å². The number of carbonyl (C=O) groups excluding carboxylic acids is 1. The first-order valence-electron chi connectivity index (χ1n) is 6.27. The number of rotatable bonds is 3. The maximum Gasteiger partial charge on any atom is 0.270 e. The number of benzene rings is 1. The van der Waals surface area contributed by atoms with Gasteiger partial charge >= 0.3 is 0 Å². The Balaban J connectivity index is 1.91. The molecule has 7 nitrogen and oxygen atoms in total. The van der Waals surface area contributed by atoms with E-state index < -0.39 is 4.92 Å². The van der Waals surface area contributed by atoms with E-state index in [1.807, 2.05) is 0 Å². The molecule has 2 aromatic rings. The Kier molecular flexibility index (Phi) is 3.93. The Morgan fingerprint density at radius 1 is 1.35 bits per heavy atom. The summed E-state index contributed by atoms with van der Waals surface area (Å²) in [6.45, 7) is 0. The maximum absolute atomic E-state index is 11.6. The lowest BCUT2D eigenvalue weighted by atomic mass is 10.1. The summed E-state index contributed by atoms with van der Waals surface area (Å²) in [7, 11) is 0. The van der Waals surface area contributed by atoms with E-state index >= 15 is 0 Å². The van der Waals surface area contributed by atoms with Crippen LogP contribution in [0.2, 0.25) is 5.02 Å². The fraction of sp³-hybridized carbons (Fsp3) is 0. The topological polar surface area (TPSA) is 109 Å². The maximum atomic E-state index is 11.6. The van der Waals surface area contributed by atoms with Gasteiger partial charge in [0.15, 0.2) is 5.17 Å². The summed E-state index contributed by atoms with van der Waals surface area (Å²) < 4.78 is 5.60. The molecule has 1 aromatic carbocycles. The highest BCUT2D eigenvalue weighted by molar-refractivity contribution is 8.18. The number of amides is 1. The number of nitro groups is 1. The van der Waals surface area contributed by atoms with Crippen LogP contribution in [0.25, 0.3) is 17.4 Å². The van der Waals surface area contributed by atoms with E-state index in [4.69, 9.17) is 21.4 Å². The van der Waals surface area contributed by atoms with Gasteiger partial charge in [-0.15, -0.1) is 0 Å². The number of hydrogen-bond donors (Lipinski definition) is 2. The third-order valence-corrected chi connectivity index (χ3v) is 4.13. The molecule has 3 rings (SSSR count). The van der Waals surface area contributed by atoms with E-state index in [1.54, 1.807) is 12.1 Å². The molecule has 0 saturated carbocycles. The van der Waals surface area contributed by atoms with Gasteiger partial charge < -0.3 is 9.73 Å². The minimum Gasteiger partial charge on any atom is -0.457 e. The molecule has 0 aliphatic carbocycles. The molecule has 2 heterocycles. The van der Waals surface area contributed by atoms with Crippen LogP contribution in [0.15, 0.2) is 39.7 Å². The van der Waals surface area contributed by atoms with Crippen molar-refractivity contribution in [1.82, 2.24) is 5.32 Å². The Labute approximate surface area is 139 Å². The number of thioether (sulfide) groups is 1. The highest BCUT2D eigenvalue weighted by Crippen LogP contribution is 2.33.